The summed E-state index contributed by atoms with van der Waals surface area (Å²) in [5, 5.41) is 12.1. The molecule has 0 radical (unpaired) electrons. The van der Waals surface area contributed by atoms with Gasteiger partial charge in [0.15, 0.2) is 0 Å². The molecule has 20 heavy (non-hydrogen) atoms. The molecule has 1 amide bonds. The highest BCUT2D eigenvalue weighted by Crippen LogP contribution is 2.36. The largest absolute Gasteiger partial charge is 0.481 e. The molecule has 1 saturated heterocycles. The Kier molecular flexibility index (Phi) is 5.40. The van der Waals surface area contributed by atoms with Crippen molar-refractivity contribution in [1.29, 1.82) is 0 Å². The van der Waals surface area contributed by atoms with E-state index in [4.69, 9.17) is 0 Å². The van der Waals surface area contributed by atoms with Crippen LogP contribution in [0.15, 0.2) is 0 Å². The molecule has 0 aromatic heterocycles. The second-order valence-electron chi connectivity index (χ2n) is 6.32. The van der Waals surface area contributed by atoms with Crippen molar-refractivity contribution in [2.45, 2.75) is 39.0 Å². The smallest absolute Gasteiger partial charge is 0.307 e. The van der Waals surface area contributed by atoms with Gasteiger partial charge in [-0.2, -0.15) is 0 Å². The van der Waals surface area contributed by atoms with E-state index in [-0.39, 0.29) is 11.8 Å². The molecule has 1 aliphatic carbocycles. The molecule has 2 rings (SSSR count). The van der Waals surface area contributed by atoms with Crippen molar-refractivity contribution in [2.24, 2.45) is 17.8 Å². The summed E-state index contributed by atoms with van der Waals surface area (Å²) in [6, 6.07) is 0. The summed E-state index contributed by atoms with van der Waals surface area (Å²) in [6.45, 7) is 6.07. The maximum Gasteiger partial charge on any atom is 0.307 e. The van der Waals surface area contributed by atoms with Crippen LogP contribution < -0.4 is 5.32 Å². The van der Waals surface area contributed by atoms with Gasteiger partial charge in [0.2, 0.25) is 5.91 Å². The number of hydrogen-bond donors (Lipinski definition) is 2. The second-order valence-corrected chi connectivity index (χ2v) is 6.32. The summed E-state index contributed by atoms with van der Waals surface area (Å²) < 4.78 is 0. The number of rotatable bonds is 6. The van der Waals surface area contributed by atoms with Crippen LogP contribution in [0.1, 0.15) is 39.0 Å². The van der Waals surface area contributed by atoms with Crippen molar-refractivity contribution in [3.05, 3.63) is 0 Å². The molecule has 114 valence electrons. The van der Waals surface area contributed by atoms with E-state index in [1.54, 1.807) is 0 Å². The molecule has 2 fully saturated rings. The minimum atomic E-state index is -0.827. The van der Waals surface area contributed by atoms with E-state index in [0.29, 0.717) is 25.3 Å². The average molecular weight is 282 g/mol. The number of nitrogens with one attached hydrogen (secondary N) is 1. The van der Waals surface area contributed by atoms with Gasteiger partial charge in [0.1, 0.15) is 0 Å². The third-order valence-electron chi connectivity index (χ3n) is 4.60. The van der Waals surface area contributed by atoms with Crippen molar-refractivity contribution in [3.8, 4) is 0 Å². The third-order valence-corrected chi connectivity index (χ3v) is 4.60. The van der Waals surface area contributed by atoms with Gasteiger partial charge in [-0.1, -0.05) is 6.92 Å². The van der Waals surface area contributed by atoms with Crippen molar-refractivity contribution in [1.82, 2.24) is 10.2 Å². The lowest BCUT2D eigenvalue weighted by atomic mass is 9.95. The molecule has 0 bridgehead atoms. The molecule has 2 aliphatic rings. The Labute approximate surface area is 120 Å². The van der Waals surface area contributed by atoms with Gasteiger partial charge < -0.3 is 15.3 Å². The number of likely N-dealkylation sites (tertiary alicyclic amines) is 1. The highest BCUT2D eigenvalue weighted by atomic mass is 16.4. The number of hydrogen-bond acceptors (Lipinski definition) is 3. The second kappa shape index (κ2) is 7.07. The number of carboxylic acids is 1. The fourth-order valence-electron chi connectivity index (χ4n) is 3.51. The Balaban J connectivity index is 1.69. The number of carbonyl (C=O) groups is 2. The number of carboxylic acid groups (broad SMARTS) is 1. The Morgan fingerprint density at radius 2 is 1.85 bits per heavy atom. The molecule has 3 atom stereocenters. The quantitative estimate of drug-likeness (QED) is 0.721. The van der Waals surface area contributed by atoms with Crippen LogP contribution in [0, 0.1) is 17.8 Å². The van der Waals surface area contributed by atoms with Crippen LogP contribution in [0.5, 0.6) is 0 Å². The molecule has 5 heteroatoms. The van der Waals surface area contributed by atoms with Crippen LogP contribution in [-0.4, -0.2) is 48.1 Å². The molecule has 0 aromatic rings. The van der Waals surface area contributed by atoms with Gasteiger partial charge in [-0.15, -0.1) is 0 Å². The molecular weight excluding hydrogens is 256 g/mol. The van der Waals surface area contributed by atoms with E-state index >= 15 is 0 Å². The van der Waals surface area contributed by atoms with Gasteiger partial charge >= 0.3 is 5.97 Å². The van der Waals surface area contributed by atoms with Crippen molar-refractivity contribution in [2.75, 3.05) is 26.2 Å². The van der Waals surface area contributed by atoms with Crippen molar-refractivity contribution >= 4 is 11.9 Å². The number of amides is 1. The van der Waals surface area contributed by atoms with Gasteiger partial charge in [-0.3, -0.25) is 9.59 Å². The summed E-state index contributed by atoms with van der Waals surface area (Å²) in [5.41, 5.74) is 0. The Hall–Kier alpha value is -1.10. The first-order valence-electron chi connectivity index (χ1n) is 7.81. The van der Waals surface area contributed by atoms with Gasteiger partial charge in [-0.25, -0.2) is 0 Å². The summed E-state index contributed by atoms with van der Waals surface area (Å²) in [5.74, 6) is -1.40. The zero-order valence-corrected chi connectivity index (χ0v) is 12.3. The molecule has 1 heterocycles. The summed E-state index contributed by atoms with van der Waals surface area (Å²) in [6.07, 6.45) is 4.85. The first-order valence-corrected chi connectivity index (χ1v) is 7.81. The lowest BCUT2D eigenvalue weighted by Gasteiger charge is -2.17. The lowest BCUT2D eigenvalue weighted by molar-refractivity contribution is -0.146. The van der Waals surface area contributed by atoms with Crippen molar-refractivity contribution in [3.63, 3.8) is 0 Å². The van der Waals surface area contributed by atoms with Crippen molar-refractivity contribution < 1.29 is 14.7 Å². The molecule has 0 spiro atoms. The van der Waals surface area contributed by atoms with Gasteiger partial charge in [0.25, 0.3) is 0 Å². The molecule has 2 N–H and O–H groups in total. The lowest BCUT2D eigenvalue weighted by Crippen LogP contribution is -2.36. The van der Waals surface area contributed by atoms with E-state index in [0.717, 1.165) is 13.0 Å². The van der Waals surface area contributed by atoms with Crippen LogP contribution in [0.3, 0.4) is 0 Å². The van der Waals surface area contributed by atoms with Crippen LogP contribution in [0.2, 0.25) is 0 Å². The summed E-state index contributed by atoms with van der Waals surface area (Å²) in [7, 11) is 0. The van der Waals surface area contributed by atoms with E-state index < -0.39 is 11.9 Å². The Morgan fingerprint density at radius 1 is 1.20 bits per heavy atom. The monoisotopic (exact) mass is 282 g/mol. The minimum Gasteiger partial charge on any atom is -0.481 e. The van der Waals surface area contributed by atoms with E-state index in [1.807, 2.05) is 6.92 Å². The molecule has 5 nitrogen and oxygen atoms in total. The highest BCUT2D eigenvalue weighted by Gasteiger charge is 2.40. The Morgan fingerprint density at radius 3 is 2.50 bits per heavy atom. The first kappa shape index (κ1) is 15.3. The van der Waals surface area contributed by atoms with E-state index in [1.165, 1.54) is 25.9 Å². The SMILES string of the molecule is CC1CC(C(=O)O)C(C(=O)NCCCN2CCCC2)C1. The number of aliphatic carboxylic acids is 1. The van der Waals surface area contributed by atoms with Crippen LogP contribution in [0.4, 0.5) is 0 Å². The molecular formula is C15H26N2O3. The van der Waals surface area contributed by atoms with E-state index in [9.17, 15) is 14.7 Å². The molecule has 1 aliphatic heterocycles. The standard InChI is InChI=1S/C15H26N2O3/c1-11-9-12(13(10-11)15(19)20)14(18)16-5-4-8-17-6-2-3-7-17/h11-13H,2-10H2,1H3,(H,16,18)(H,19,20). The van der Waals surface area contributed by atoms with Gasteiger partial charge in [-0.05, 0) is 57.7 Å². The predicted molar refractivity (Wildman–Crippen MR) is 76.3 cm³/mol. The van der Waals surface area contributed by atoms with E-state index in [2.05, 4.69) is 10.2 Å². The maximum atomic E-state index is 12.1. The molecule has 1 saturated carbocycles. The topological polar surface area (TPSA) is 69.6 Å². The van der Waals surface area contributed by atoms with Gasteiger partial charge in [0.05, 0.1) is 11.8 Å². The summed E-state index contributed by atoms with van der Waals surface area (Å²) in [4.78, 5) is 25.7. The molecule has 0 aromatic carbocycles. The first-order chi connectivity index (χ1) is 9.58. The minimum absolute atomic E-state index is 0.0665. The number of nitrogens with zero attached hydrogens (tertiary/aromatic N) is 1. The van der Waals surface area contributed by atoms with Crippen LogP contribution >= 0.6 is 0 Å². The van der Waals surface area contributed by atoms with Gasteiger partial charge in [0, 0.05) is 6.54 Å². The predicted octanol–water partition coefficient (Wildman–Crippen LogP) is 1.34. The fraction of sp³-hybridized carbons (Fsp3) is 0.867. The fourth-order valence-corrected chi connectivity index (χ4v) is 3.51. The maximum absolute atomic E-state index is 12.1. The normalized spacial score (nSPS) is 30.6. The third kappa shape index (κ3) is 3.95. The summed E-state index contributed by atoms with van der Waals surface area (Å²) >= 11 is 0. The zero-order valence-electron chi connectivity index (χ0n) is 12.3. The average Bonchev–Trinajstić information content (AvgIpc) is 3.03. The number of carbonyl (C=O) groups excluding carboxylic acids is 1. The molecule has 3 unspecified atom stereocenters. The van der Waals surface area contributed by atoms with Crippen LogP contribution in [0.25, 0.3) is 0 Å². The zero-order chi connectivity index (χ0) is 14.5. The Bertz CT molecular complexity index is 353. The van der Waals surface area contributed by atoms with Crippen LogP contribution in [-0.2, 0) is 9.59 Å². The highest BCUT2D eigenvalue weighted by molar-refractivity contribution is 5.85.